The molecular weight excluding hydrogens is 228 g/mol. The van der Waals surface area contributed by atoms with Crippen molar-refractivity contribution in [3.8, 4) is 0 Å². The lowest BCUT2D eigenvalue weighted by molar-refractivity contribution is -0.122. The Kier molecular flexibility index (Phi) is 7.33. The Balaban J connectivity index is 3.86. The third-order valence-electron chi connectivity index (χ3n) is 2.12. The first-order valence-electron chi connectivity index (χ1n) is 5.64. The summed E-state index contributed by atoms with van der Waals surface area (Å²) in [6, 6.07) is -0.350. The molecule has 0 rings (SSSR count). The van der Waals surface area contributed by atoms with Crippen LogP contribution in [0.3, 0.4) is 0 Å². The standard InChI is InChI=1S/C10H22N2O3S/c1-4-7-16(14,15)8-6-12-9(3)10(13)11-5-2/h9,12H,4-8H2,1-3H3,(H,11,13). The fourth-order valence-electron chi connectivity index (χ4n) is 1.26. The van der Waals surface area contributed by atoms with Gasteiger partial charge in [0.15, 0.2) is 9.84 Å². The zero-order chi connectivity index (χ0) is 12.6. The molecule has 0 aromatic rings. The molecule has 0 aromatic carbocycles. The summed E-state index contributed by atoms with van der Waals surface area (Å²) in [6.45, 7) is 6.30. The van der Waals surface area contributed by atoms with Gasteiger partial charge in [0.1, 0.15) is 0 Å². The van der Waals surface area contributed by atoms with Gasteiger partial charge in [0.05, 0.1) is 11.8 Å². The van der Waals surface area contributed by atoms with Gasteiger partial charge in [-0.25, -0.2) is 8.42 Å². The average Bonchev–Trinajstić information content (AvgIpc) is 2.17. The number of carbonyl (C=O) groups is 1. The van der Waals surface area contributed by atoms with Gasteiger partial charge in [0, 0.05) is 18.8 Å². The van der Waals surface area contributed by atoms with Crippen LogP contribution in [0, 0.1) is 0 Å². The van der Waals surface area contributed by atoms with E-state index in [1.807, 2.05) is 13.8 Å². The average molecular weight is 250 g/mol. The van der Waals surface area contributed by atoms with Gasteiger partial charge in [-0.15, -0.1) is 0 Å². The molecule has 6 heteroatoms. The Morgan fingerprint density at radius 3 is 2.38 bits per heavy atom. The predicted molar refractivity (Wildman–Crippen MR) is 65.1 cm³/mol. The van der Waals surface area contributed by atoms with Crippen LogP contribution < -0.4 is 10.6 Å². The summed E-state index contributed by atoms with van der Waals surface area (Å²) in [5.74, 6) is 0.199. The first kappa shape index (κ1) is 15.4. The van der Waals surface area contributed by atoms with E-state index in [4.69, 9.17) is 0 Å². The first-order valence-corrected chi connectivity index (χ1v) is 7.46. The van der Waals surface area contributed by atoms with Crippen molar-refractivity contribution in [1.29, 1.82) is 0 Å². The summed E-state index contributed by atoms with van der Waals surface area (Å²) in [5.41, 5.74) is 0. The molecule has 1 amide bonds. The number of rotatable bonds is 8. The number of carbonyl (C=O) groups excluding carboxylic acids is 1. The van der Waals surface area contributed by atoms with E-state index in [2.05, 4.69) is 10.6 Å². The highest BCUT2D eigenvalue weighted by molar-refractivity contribution is 7.91. The first-order chi connectivity index (χ1) is 7.43. The van der Waals surface area contributed by atoms with Crippen molar-refractivity contribution < 1.29 is 13.2 Å². The van der Waals surface area contributed by atoms with Gasteiger partial charge >= 0.3 is 0 Å². The molecule has 2 N–H and O–H groups in total. The van der Waals surface area contributed by atoms with Gasteiger partial charge in [-0.2, -0.15) is 0 Å². The van der Waals surface area contributed by atoms with Gasteiger partial charge in [0.2, 0.25) is 5.91 Å². The van der Waals surface area contributed by atoms with Gasteiger partial charge < -0.3 is 10.6 Å². The second kappa shape index (κ2) is 7.62. The summed E-state index contributed by atoms with van der Waals surface area (Å²) >= 11 is 0. The molecule has 16 heavy (non-hydrogen) atoms. The molecule has 1 atom stereocenters. The molecule has 0 aliphatic heterocycles. The molecule has 0 saturated carbocycles. The monoisotopic (exact) mass is 250 g/mol. The third-order valence-corrected chi connectivity index (χ3v) is 3.98. The largest absolute Gasteiger partial charge is 0.355 e. The van der Waals surface area contributed by atoms with Crippen molar-refractivity contribution >= 4 is 15.7 Å². The molecule has 0 spiro atoms. The van der Waals surface area contributed by atoms with Gasteiger partial charge in [-0.1, -0.05) is 6.92 Å². The molecule has 0 bridgehead atoms. The highest BCUT2D eigenvalue weighted by Crippen LogP contribution is 1.92. The minimum absolute atomic E-state index is 0.0879. The Morgan fingerprint density at radius 2 is 1.88 bits per heavy atom. The molecule has 0 heterocycles. The van der Waals surface area contributed by atoms with E-state index < -0.39 is 9.84 Å². The molecule has 96 valence electrons. The van der Waals surface area contributed by atoms with Crippen molar-refractivity contribution in [1.82, 2.24) is 10.6 Å². The fraction of sp³-hybridized carbons (Fsp3) is 0.900. The molecule has 0 radical (unpaired) electrons. The van der Waals surface area contributed by atoms with E-state index in [0.717, 1.165) is 0 Å². The predicted octanol–water partition coefficient (Wildman–Crippen LogP) is -0.0746. The zero-order valence-corrected chi connectivity index (χ0v) is 11.1. The summed E-state index contributed by atoms with van der Waals surface area (Å²) < 4.78 is 22.7. The van der Waals surface area contributed by atoms with Crippen LogP contribution in [0.15, 0.2) is 0 Å². The minimum atomic E-state index is -2.96. The van der Waals surface area contributed by atoms with Gasteiger partial charge in [-0.3, -0.25) is 4.79 Å². The van der Waals surface area contributed by atoms with Crippen molar-refractivity contribution in [2.45, 2.75) is 33.2 Å². The normalized spacial score (nSPS) is 13.4. The van der Waals surface area contributed by atoms with Crippen LogP contribution in [0.5, 0.6) is 0 Å². The second-order valence-electron chi connectivity index (χ2n) is 3.72. The van der Waals surface area contributed by atoms with E-state index >= 15 is 0 Å². The lowest BCUT2D eigenvalue weighted by atomic mass is 10.3. The zero-order valence-electron chi connectivity index (χ0n) is 10.2. The Labute approximate surface area is 97.9 Å². The number of likely N-dealkylation sites (N-methyl/N-ethyl adjacent to an activating group) is 1. The third kappa shape index (κ3) is 6.79. The van der Waals surface area contributed by atoms with Crippen LogP contribution in [-0.4, -0.2) is 45.0 Å². The van der Waals surface area contributed by atoms with E-state index in [-0.39, 0.29) is 23.5 Å². The number of sulfone groups is 1. The van der Waals surface area contributed by atoms with Gasteiger partial charge in [0.25, 0.3) is 0 Å². The lowest BCUT2D eigenvalue weighted by Gasteiger charge is -2.13. The Hall–Kier alpha value is -0.620. The quantitative estimate of drug-likeness (QED) is 0.632. The van der Waals surface area contributed by atoms with E-state index in [1.54, 1.807) is 6.92 Å². The van der Waals surface area contributed by atoms with Crippen LogP contribution in [0.4, 0.5) is 0 Å². The summed E-state index contributed by atoms with van der Waals surface area (Å²) in [5, 5.41) is 5.56. The number of hydrogen-bond acceptors (Lipinski definition) is 4. The SMILES string of the molecule is CCCS(=O)(=O)CCNC(C)C(=O)NCC. The maximum absolute atomic E-state index is 11.4. The molecule has 0 fully saturated rings. The van der Waals surface area contributed by atoms with E-state index in [9.17, 15) is 13.2 Å². The Bertz CT molecular complexity index is 301. The number of hydrogen-bond donors (Lipinski definition) is 2. The van der Waals surface area contributed by atoms with Crippen molar-refractivity contribution in [3.63, 3.8) is 0 Å². The van der Waals surface area contributed by atoms with Crippen LogP contribution in [-0.2, 0) is 14.6 Å². The maximum Gasteiger partial charge on any atom is 0.236 e. The summed E-state index contributed by atoms with van der Waals surface area (Å²) in [4.78, 5) is 11.3. The molecule has 0 aliphatic rings. The fourth-order valence-corrected chi connectivity index (χ4v) is 2.52. The summed E-state index contributed by atoms with van der Waals surface area (Å²) in [7, 11) is -2.96. The molecular formula is C10H22N2O3S. The summed E-state index contributed by atoms with van der Waals surface area (Å²) in [6.07, 6.45) is 0.633. The van der Waals surface area contributed by atoms with E-state index in [1.165, 1.54) is 0 Å². The van der Waals surface area contributed by atoms with Crippen LogP contribution in [0.25, 0.3) is 0 Å². The molecule has 5 nitrogen and oxygen atoms in total. The number of nitrogens with one attached hydrogen (secondary N) is 2. The molecule has 0 aromatic heterocycles. The maximum atomic E-state index is 11.4. The van der Waals surface area contributed by atoms with Gasteiger partial charge in [-0.05, 0) is 20.3 Å². The van der Waals surface area contributed by atoms with Crippen molar-refractivity contribution in [2.75, 3.05) is 24.6 Å². The smallest absolute Gasteiger partial charge is 0.236 e. The molecule has 1 unspecified atom stereocenters. The molecule has 0 aliphatic carbocycles. The van der Waals surface area contributed by atoms with E-state index in [0.29, 0.717) is 19.5 Å². The number of amides is 1. The van der Waals surface area contributed by atoms with Crippen LogP contribution in [0.2, 0.25) is 0 Å². The van der Waals surface area contributed by atoms with Crippen LogP contribution in [0.1, 0.15) is 27.2 Å². The molecule has 0 saturated heterocycles. The highest BCUT2D eigenvalue weighted by atomic mass is 32.2. The minimum Gasteiger partial charge on any atom is -0.355 e. The second-order valence-corrected chi connectivity index (χ2v) is 6.03. The van der Waals surface area contributed by atoms with Crippen molar-refractivity contribution in [3.05, 3.63) is 0 Å². The highest BCUT2D eigenvalue weighted by Gasteiger charge is 2.13. The lowest BCUT2D eigenvalue weighted by Crippen LogP contribution is -2.43. The Morgan fingerprint density at radius 1 is 1.25 bits per heavy atom. The van der Waals surface area contributed by atoms with Crippen LogP contribution >= 0.6 is 0 Å². The van der Waals surface area contributed by atoms with Crippen molar-refractivity contribution in [2.24, 2.45) is 0 Å². The topological polar surface area (TPSA) is 75.3 Å².